The van der Waals surface area contributed by atoms with Crippen molar-refractivity contribution in [1.82, 2.24) is 9.80 Å². The van der Waals surface area contributed by atoms with Crippen molar-refractivity contribution < 1.29 is 14.6 Å². The molecule has 1 fully saturated rings. The molecule has 1 aliphatic rings. The van der Waals surface area contributed by atoms with E-state index in [4.69, 9.17) is 4.74 Å². The minimum absolute atomic E-state index is 0.135. The van der Waals surface area contributed by atoms with E-state index in [1.54, 1.807) is 4.90 Å². The number of carbonyl (C=O) groups is 1. The summed E-state index contributed by atoms with van der Waals surface area (Å²) in [6.45, 7) is 3.36. The van der Waals surface area contributed by atoms with Crippen LogP contribution >= 0.6 is 0 Å². The number of amides is 1. The number of likely N-dealkylation sites (N-methyl/N-ethyl adjacent to an activating group) is 1. The normalized spacial score (nSPS) is 16.5. The summed E-state index contributed by atoms with van der Waals surface area (Å²) in [5, 5.41) is 9.47. The zero-order valence-corrected chi connectivity index (χ0v) is 13.3. The van der Waals surface area contributed by atoms with Gasteiger partial charge >= 0.3 is 0 Å². The summed E-state index contributed by atoms with van der Waals surface area (Å²) < 4.78 is 5.62. The molecule has 5 nitrogen and oxygen atoms in total. The lowest BCUT2D eigenvalue weighted by Crippen LogP contribution is -2.43. The Hall–Kier alpha value is -1.59. The molecule has 1 aromatic carbocycles. The van der Waals surface area contributed by atoms with Gasteiger partial charge in [-0.05, 0) is 31.4 Å². The van der Waals surface area contributed by atoms with E-state index in [9.17, 15) is 9.90 Å². The van der Waals surface area contributed by atoms with Crippen LogP contribution < -0.4 is 4.74 Å². The Balaban J connectivity index is 1.60. The molecule has 0 bridgehead atoms. The number of hydrogen-bond donors (Lipinski definition) is 1. The highest BCUT2D eigenvalue weighted by atomic mass is 16.5. The summed E-state index contributed by atoms with van der Waals surface area (Å²) in [4.78, 5) is 16.0. The standard InChI is InChI=1S/C17H26N2O3/c1-18(10-5-13-22-16-6-3-2-4-7-16)17(21)14-19-11-8-15(20)9-12-19/h2-4,6-7,15,20H,5,8-14H2,1H3. The van der Waals surface area contributed by atoms with E-state index in [0.29, 0.717) is 19.7 Å². The Bertz CT molecular complexity index is 444. The number of benzene rings is 1. The lowest BCUT2D eigenvalue weighted by molar-refractivity contribution is -0.131. The van der Waals surface area contributed by atoms with Crippen LogP contribution in [0, 0.1) is 0 Å². The van der Waals surface area contributed by atoms with Gasteiger partial charge in [0.25, 0.3) is 0 Å². The molecule has 1 N–H and O–H groups in total. The SMILES string of the molecule is CN(CCCOc1ccccc1)C(=O)CN1CCC(O)CC1. The maximum absolute atomic E-state index is 12.1. The van der Waals surface area contributed by atoms with Gasteiger partial charge in [0.15, 0.2) is 0 Å². The summed E-state index contributed by atoms with van der Waals surface area (Å²) in [6, 6.07) is 9.71. The first-order valence-electron chi connectivity index (χ1n) is 7.97. The van der Waals surface area contributed by atoms with Crippen molar-refractivity contribution in [3.05, 3.63) is 30.3 Å². The lowest BCUT2D eigenvalue weighted by atomic mass is 10.1. The number of likely N-dealkylation sites (tertiary alicyclic amines) is 1. The van der Waals surface area contributed by atoms with E-state index in [1.807, 2.05) is 37.4 Å². The molecule has 1 amide bonds. The van der Waals surface area contributed by atoms with Crippen LogP contribution in [0.4, 0.5) is 0 Å². The molecule has 0 saturated carbocycles. The fraction of sp³-hybridized carbons (Fsp3) is 0.588. The summed E-state index contributed by atoms with van der Waals surface area (Å²) >= 11 is 0. The molecule has 1 aliphatic heterocycles. The maximum atomic E-state index is 12.1. The van der Waals surface area contributed by atoms with Crippen LogP contribution in [0.5, 0.6) is 5.75 Å². The Labute approximate surface area is 132 Å². The second-order valence-electron chi connectivity index (χ2n) is 5.84. The molecule has 0 radical (unpaired) electrons. The highest BCUT2D eigenvalue weighted by Crippen LogP contribution is 2.10. The smallest absolute Gasteiger partial charge is 0.236 e. The highest BCUT2D eigenvalue weighted by Gasteiger charge is 2.20. The largest absolute Gasteiger partial charge is 0.494 e. The molecule has 1 aromatic rings. The van der Waals surface area contributed by atoms with Crippen molar-refractivity contribution in [2.75, 3.05) is 39.8 Å². The van der Waals surface area contributed by atoms with Gasteiger partial charge in [-0.2, -0.15) is 0 Å². The molecule has 0 aliphatic carbocycles. The predicted octanol–water partition coefficient (Wildman–Crippen LogP) is 1.37. The van der Waals surface area contributed by atoms with Crippen LogP contribution in [-0.2, 0) is 4.79 Å². The first-order chi connectivity index (χ1) is 10.6. The molecule has 5 heteroatoms. The molecule has 122 valence electrons. The maximum Gasteiger partial charge on any atom is 0.236 e. The first kappa shape index (κ1) is 16.8. The van der Waals surface area contributed by atoms with Gasteiger partial charge in [0, 0.05) is 26.7 Å². The number of hydrogen-bond acceptors (Lipinski definition) is 4. The van der Waals surface area contributed by atoms with E-state index < -0.39 is 0 Å². The van der Waals surface area contributed by atoms with Crippen LogP contribution in [-0.4, -0.2) is 66.8 Å². The van der Waals surface area contributed by atoms with Crippen molar-refractivity contribution in [3.8, 4) is 5.75 Å². The Morgan fingerprint density at radius 2 is 2.00 bits per heavy atom. The number of aliphatic hydroxyl groups excluding tert-OH is 1. The Kier molecular flexibility index (Phi) is 6.68. The van der Waals surface area contributed by atoms with Gasteiger partial charge in [0.1, 0.15) is 5.75 Å². The molecule has 0 atom stereocenters. The molecule has 0 spiro atoms. The third kappa shape index (κ3) is 5.66. The van der Waals surface area contributed by atoms with Crippen LogP contribution in [0.3, 0.4) is 0 Å². The van der Waals surface area contributed by atoms with Gasteiger partial charge in [-0.1, -0.05) is 18.2 Å². The minimum Gasteiger partial charge on any atom is -0.494 e. The Morgan fingerprint density at radius 1 is 1.32 bits per heavy atom. The summed E-state index contributed by atoms with van der Waals surface area (Å²) in [5.41, 5.74) is 0. The zero-order valence-electron chi connectivity index (χ0n) is 13.3. The van der Waals surface area contributed by atoms with E-state index >= 15 is 0 Å². The number of para-hydroxylation sites is 1. The Morgan fingerprint density at radius 3 is 2.68 bits per heavy atom. The second-order valence-corrected chi connectivity index (χ2v) is 5.84. The van der Waals surface area contributed by atoms with E-state index in [-0.39, 0.29) is 12.0 Å². The zero-order chi connectivity index (χ0) is 15.8. The number of piperidine rings is 1. The molecule has 0 aromatic heterocycles. The number of ether oxygens (including phenoxy) is 1. The number of aliphatic hydroxyl groups is 1. The first-order valence-corrected chi connectivity index (χ1v) is 7.97. The van der Waals surface area contributed by atoms with Gasteiger partial charge in [-0.3, -0.25) is 9.69 Å². The van der Waals surface area contributed by atoms with Gasteiger partial charge in [-0.25, -0.2) is 0 Å². The topological polar surface area (TPSA) is 53.0 Å². The average molecular weight is 306 g/mol. The summed E-state index contributed by atoms with van der Waals surface area (Å²) in [7, 11) is 1.84. The van der Waals surface area contributed by atoms with Crippen molar-refractivity contribution in [3.63, 3.8) is 0 Å². The lowest BCUT2D eigenvalue weighted by Gasteiger charge is -2.30. The van der Waals surface area contributed by atoms with E-state index in [1.165, 1.54) is 0 Å². The summed E-state index contributed by atoms with van der Waals surface area (Å²) in [5.74, 6) is 0.999. The van der Waals surface area contributed by atoms with Crippen LogP contribution in [0.1, 0.15) is 19.3 Å². The fourth-order valence-corrected chi connectivity index (χ4v) is 2.52. The number of carbonyl (C=O) groups excluding carboxylic acids is 1. The molecule has 1 saturated heterocycles. The molecular formula is C17H26N2O3. The molecule has 0 unspecified atom stereocenters. The monoisotopic (exact) mass is 306 g/mol. The fourth-order valence-electron chi connectivity index (χ4n) is 2.52. The molecule has 2 rings (SSSR count). The number of rotatable bonds is 7. The molecule has 1 heterocycles. The van der Waals surface area contributed by atoms with Crippen LogP contribution in [0.25, 0.3) is 0 Å². The van der Waals surface area contributed by atoms with Crippen LogP contribution in [0.2, 0.25) is 0 Å². The predicted molar refractivity (Wildman–Crippen MR) is 85.9 cm³/mol. The van der Waals surface area contributed by atoms with Crippen LogP contribution in [0.15, 0.2) is 30.3 Å². The van der Waals surface area contributed by atoms with Gasteiger partial charge in [0.2, 0.25) is 5.91 Å². The minimum atomic E-state index is -0.195. The van der Waals surface area contributed by atoms with Gasteiger partial charge in [-0.15, -0.1) is 0 Å². The van der Waals surface area contributed by atoms with Gasteiger partial charge in [0.05, 0.1) is 19.3 Å². The quantitative estimate of drug-likeness (QED) is 0.773. The number of nitrogens with zero attached hydrogens (tertiary/aromatic N) is 2. The van der Waals surface area contributed by atoms with Crippen molar-refractivity contribution in [1.29, 1.82) is 0 Å². The summed E-state index contributed by atoms with van der Waals surface area (Å²) in [6.07, 6.45) is 2.15. The second kappa shape index (κ2) is 8.76. The van der Waals surface area contributed by atoms with E-state index in [2.05, 4.69) is 4.90 Å². The van der Waals surface area contributed by atoms with Crippen molar-refractivity contribution in [2.45, 2.75) is 25.4 Å². The van der Waals surface area contributed by atoms with Gasteiger partial charge < -0.3 is 14.7 Å². The molecular weight excluding hydrogens is 280 g/mol. The average Bonchev–Trinajstić information content (AvgIpc) is 2.54. The van der Waals surface area contributed by atoms with E-state index in [0.717, 1.165) is 38.1 Å². The third-order valence-electron chi connectivity index (χ3n) is 3.99. The van der Waals surface area contributed by atoms with Crippen molar-refractivity contribution in [2.24, 2.45) is 0 Å². The molecule has 22 heavy (non-hydrogen) atoms. The highest BCUT2D eigenvalue weighted by molar-refractivity contribution is 5.77. The van der Waals surface area contributed by atoms with Crippen molar-refractivity contribution >= 4 is 5.91 Å². The third-order valence-corrected chi connectivity index (χ3v) is 3.99.